The summed E-state index contributed by atoms with van der Waals surface area (Å²) in [5.74, 6) is 0.196. The van der Waals surface area contributed by atoms with Crippen LogP contribution in [0.3, 0.4) is 0 Å². The molecule has 0 fully saturated rings. The van der Waals surface area contributed by atoms with Gasteiger partial charge < -0.3 is 0 Å². The molecule has 0 N–H and O–H groups in total. The highest BCUT2D eigenvalue weighted by atomic mass is 16.3. The first-order chi connectivity index (χ1) is 7.36. The minimum absolute atomic E-state index is 0.196. The molecule has 15 heavy (non-hydrogen) atoms. The second-order valence-corrected chi connectivity index (χ2v) is 3.07. The Balaban J connectivity index is 2.12. The van der Waals surface area contributed by atoms with Crippen LogP contribution in [0.1, 0.15) is 5.56 Å². The van der Waals surface area contributed by atoms with Crippen molar-refractivity contribution in [1.29, 1.82) is 0 Å². The van der Waals surface area contributed by atoms with Crippen LogP contribution in [0.4, 0.5) is 5.95 Å². The molecule has 0 atom stereocenters. The molecule has 0 saturated carbocycles. The molecule has 74 valence electrons. The largest absolute Gasteiger partial charge is 0.469 e. The van der Waals surface area contributed by atoms with Crippen molar-refractivity contribution in [2.24, 2.45) is 0 Å². The molecule has 2 rings (SSSR count). The summed E-state index contributed by atoms with van der Waals surface area (Å²) in [4.78, 5) is 19.4. The fourth-order valence-corrected chi connectivity index (χ4v) is 1.24. The third-order valence-corrected chi connectivity index (χ3v) is 1.94. The lowest BCUT2D eigenvalue weighted by molar-refractivity contribution is -0.488. The van der Waals surface area contributed by atoms with E-state index in [1.54, 1.807) is 18.5 Å². The molecule has 0 saturated heterocycles. The van der Waals surface area contributed by atoms with E-state index in [4.69, 9.17) is 0 Å². The van der Waals surface area contributed by atoms with Gasteiger partial charge in [0, 0.05) is 6.07 Å². The van der Waals surface area contributed by atoms with Crippen LogP contribution in [0, 0.1) is 4.91 Å². The average molecular weight is 200 g/mol. The molecule has 4 nitrogen and oxygen atoms in total. The lowest BCUT2D eigenvalue weighted by Crippen LogP contribution is -2.04. The zero-order valence-electron chi connectivity index (χ0n) is 8.08. The van der Waals surface area contributed by atoms with Gasteiger partial charge >= 0.3 is 5.95 Å². The van der Waals surface area contributed by atoms with Crippen LogP contribution in [0.25, 0.3) is 0 Å². The van der Waals surface area contributed by atoms with Crippen molar-refractivity contribution in [3.05, 3.63) is 59.3 Å². The van der Waals surface area contributed by atoms with Crippen LogP contribution in [0.15, 0.2) is 48.8 Å². The van der Waals surface area contributed by atoms with Gasteiger partial charge in [0.1, 0.15) is 18.9 Å². The van der Waals surface area contributed by atoms with E-state index in [2.05, 4.69) is 9.97 Å². The minimum Gasteiger partial charge on any atom is -0.0944 e. The Morgan fingerprint density at radius 1 is 1.00 bits per heavy atom. The number of nitrogens with zero attached hydrogens (tertiary/aromatic N) is 3. The van der Waals surface area contributed by atoms with Crippen molar-refractivity contribution >= 4 is 5.95 Å². The Morgan fingerprint density at radius 2 is 1.67 bits per heavy atom. The number of nitroso groups, excluding NO2 is 1. The molecule has 0 aliphatic carbocycles. The number of hydrogen-bond donors (Lipinski definition) is 0. The maximum absolute atomic E-state index is 11.6. The Labute approximate surface area is 87.2 Å². The summed E-state index contributed by atoms with van der Waals surface area (Å²) in [6, 6.07) is 11.2. The zero-order chi connectivity index (χ0) is 10.5. The van der Waals surface area contributed by atoms with E-state index < -0.39 is 0 Å². The van der Waals surface area contributed by atoms with E-state index in [1.165, 1.54) is 0 Å². The first kappa shape index (κ1) is 9.45. The lowest BCUT2D eigenvalue weighted by atomic mass is 10.2. The molecule has 1 heterocycles. The van der Waals surface area contributed by atoms with Crippen LogP contribution >= 0.6 is 0 Å². The van der Waals surface area contributed by atoms with E-state index in [9.17, 15) is 4.91 Å². The highest BCUT2D eigenvalue weighted by molar-refractivity contribution is 5.14. The van der Waals surface area contributed by atoms with Gasteiger partial charge in [-0.15, -0.1) is 0 Å². The summed E-state index contributed by atoms with van der Waals surface area (Å²) in [6.45, 7) is 0.269. The SMILES string of the molecule is O=[N+](Cc1ccccc1)c1ncccn1. The summed E-state index contributed by atoms with van der Waals surface area (Å²) in [7, 11) is 0. The molecule has 0 unspecified atom stereocenters. The van der Waals surface area contributed by atoms with Gasteiger partial charge in [-0.3, -0.25) is 0 Å². The van der Waals surface area contributed by atoms with E-state index in [-0.39, 0.29) is 12.5 Å². The molecule has 0 aliphatic rings. The van der Waals surface area contributed by atoms with Gasteiger partial charge in [0.2, 0.25) is 0 Å². The number of aromatic nitrogens is 2. The van der Waals surface area contributed by atoms with Gasteiger partial charge in [0.15, 0.2) is 0 Å². The molecule has 4 heteroatoms. The van der Waals surface area contributed by atoms with Crippen LogP contribution in [-0.2, 0) is 6.54 Å². The highest BCUT2D eigenvalue weighted by Crippen LogP contribution is 2.06. The average Bonchev–Trinajstić information content (AvgIpc) is 2.31. The quantitative estimate of drug-likeness (QED) is 0.712. The number of hydrogen-bond acceptors (Lipinski definition) is 3. The third-order valence-electron chi connectivity index (χ3n) is 1.94. The van der Waals surface area contributed by atoms with Crippen molar-refractivity contribution in [3.63, 3.8) is 0 Å². The Bertz CT molecular complexity index is 442. The van der Waals surface area contributed by atoms with Crippen molar-refractivity contribution in [2.45, 2.75) is 6.54 Å². The minimum atomic E-state index is 0.196. The zero-order valence-corrected chi connectivity index (χ0v) is 8.08. The van der Waals surface area contributed by atoms with Gasteiger partial charge in [0.25, 0.3) is 0 Å². The van der Waals surface area contributed by atoms with Crippen molar-refractivity contribution in [2.75, 3.05) is 0 Å². The van der Waals surface area contributed by atoms with E-state index in [1.807, 2.05) is 30.3 Å². The smallest absolute Gasteiger partial charge is 0.0944 e. The van der Waals surface area contributed by atoms with Gasteiger partial charge in [0.05, 0.1) is 0 Å². The second kappa shape index (κ2) is 4.41. The molecule has 1 aromatic carbocycles. The van der Waals surface area contributed by atoms with Crippen molar-refractivity contribution in [3.8, 4) is 0 Å². The second-order valence-electron chi connectivity index (χ2n) is 3.07. The molecule has 0 spiro atoms. The molecular formula is C11H10N3O+. The van der Waals surface area contributed by atoms with Crippen molar-refractivity contribution in [1.82, 2.24) is 9.97 Å². The molecule has 0 amide bonds. The predicted molar refractivity (Wildman–Crippen MR) is 55.5 cm³/mol. The monoisotopic (exact) mass is 200 g/mol. The van der Waals surface area contributed by atoms with Crippen LogP contribution < -0.4 is 0 Å². The topological polar surface area (TPSA) is 45.9 Å². The van der Waals surface area contributed by atoms with Gasteiger partial charge in [-0.05, 0) is 10.3 Å². The van der Waals surface area contributed by atoms with Gasteiger partial charge in [-0.25, -0.2) is 0 Å². The van der Waals surface area contributed by atoms with Crippen LogP contribution in [-0.4, -0.2) is 14.7 Å². The Kier molecular flexibility index (Phi) is 2.78. The van der Waals surface area contributed by atoms with E-state index in [0.29, 0.717) is 0 Å². The fraction of sp³-hybridized carbons (Fsp3) is 0.0909. The summed E-state index contributed by atoms with van der Waals surface area (Å²) in [5.41, 5.74) is 0.944. The van der Waals surface area contributed by atoms with Crippen LogP contribution in [0.2, 0.25) is 0 Å². The molecule has 0 radical (unpaired) electrons. The summed E-state index contributed by atoms with van der Waals surface area (Å²) in [5, 5.41) is 0. The third kappa shape index (κ3) is 2.43. The van der Waals surface area contributed by atoms with Gasteiger partial charge in [-0.1, -0.05) is 45.2 Å². The normalized spacial score (nSPS) is 9.87. The van der Waals surface area contributed by atoms with E-state index >= 15 is 0 Å². The first-order valence-corrected chi connectivity index (χ1v) is 4.62. The molecule has 0 aliphatic heterocycles. The Morgan fingerprint density at radius 3 is 2.33 bits per heavy atom. The Hall–Kier alpha value is -2.10. The molecule has 1 aromatic heterocycles. The standard InChI is InChI=1S/C11H10N3O/c15-14(11-12-7-4-8-13-11)9-10-5-2-1-3-6-10/h1-8H,9H2/q+1. The summed E-state index contributed by atoms with van der Waals surface area (Å²) < 4.78 is 0.773. The predicted octanol–water partition coefficient (Wildman–Crippen LogP) is 2.09. The fourth-order valence-electron chi connectivity index (χ4n) is 1.24. The summed E-state index contributed by atoms with van der Waals surface area (Å²) in [6.07, 6.45) is 3.11. The molecule has 2 aromatic rings. The molecule has 0 bridgehead atoms. The lowest BCUT2D eigenvalue weighted by Gasteiger charge is -1.95. The highest BCUT2D eigenvalue weighted by Gasteiger charge is 2.13. The number of benzene rings is 1. The van der Waals surface area contributed by atoms with Gasteiger partial charge in [-0.2, -0.15) is 0 Å². The summed E-state index contributed by atoms with van der Waals surface area (Å²) >= 11 is 0. The maximum atomic E-state index is 11.6. The van der Waals surface area contributed by atoms with Crippen molar-refractivity contribution < 1.29 is 4.76 Å². The molecular weight excluding hydrogens is 190 g/mol. The van der Waals surface area contributed by atoms with Crippen LogP contribution in [0.5, 0.6) is 0 Å². The first-order valence-electron chi connectivity index (χ1n) is 4.62. The van der Waals surface area contributed by atoms with E-state index in [0.717, 1.165) is 10.3 Å². The number of rotatable bonds is 3. The maximum Gasteiger partial charge on any atom is 0.469 e.